The minimum atomic E-state index is 0. The SMILES string of the molecule is COC(=N)c1cccc(/C=C2/Sc3ccccc3C2=O)c1.Cl. The number of fused-ring (bicyclic) bond motifs is 1. The molecule has 1 N–H and O–H groups in total. The van der Waals surface area contributed by atoms with Crippen molar-refractivity contribution < 1.29 is 9.53 Å². The third kappa shape index (κ3) is 3.08. The van der Waals surface area contributed by atoms with Gasteiger partial charge < -0.3 is 4.74 Å². The van der Waals surface area contributed by atoms with Crippen molar-refractivity contribution in [2.24, 2.45) is 0 Å². The molecule has 0 aliphatic carbocycles. The van der Waals surface area contributed by atoms with Crippen LogP contribution >= 0.6 is 24.2 Å². The molecule has 1 aliphatic heterocycles. The Morgan fingerprint density at radius 2 is 1.95 bits per heavy atom. The van der Waals surface area contributed by atoms with Crippen molar-refractivity contribution in [2.75, 3.05) is 7.11 Å². The average Bonchev–Trinajstić information content (AvgIpc) is 2.83. The lowest BCUT2D eigenvalue weighted by Gasteiger charge is -2.03. The van der Waals surface area contributed by atoms with Gasteiger partial charge in [-0.25, -0.2) is 0 Å². The molecule has 2 aromatic carbocycles. The van der Waals surface area contributed by atoms with Crippen LogP contribution < -0.4 is 0 Å². The maximum Gasteiger partial charge on any atom is 0.212 e. The fraction of sp³-hybridized carbons (Fsp3) is 0.0588. The Labute approximate surface area is 139 Å². The number of rotatable bonds is 2. The normalized spacial score (nSPS) is 14.4. The van der Waals surface area contributed by atoms with E-state index in [0.717, 1.165) is 16.0 Å². The first-order valence-electron chi connectivity index (χ1n) is 6.45. The van der Waals surface area contributed by atoms with E-state index in [0.29, 0.717) is 10.5 Å². The Morgan fingerprint density at radius 1 is 1.18 bits per heavy atom. The number of thioether (sulfide) groups is 1. The topological polar surface area (TPSA) is 50.1 Å². The van der Waals surface area contributed by atoms with Gasteiger partial charge in [0.15, 0.2) is 0 Å². The summed E-state index contributed by atoms with van der Waals surface area (Å²) >= 11 is 1.49. The largest absolute Gasteiger partial charge is 0.481 e. The second-order valence-corrected chi connectivity index (χ2v) is 5.68. The quantitative estimate of drug-likeness (QED) is 0.504. The number of carbonyl (C=O) groups is 1. The molecular weight excluding hydrogens is 318 g/mol. The van der Waals surface area contributed by atoms with Crippen LogP contribution in [0.2, 0.25) is 0 Å². The van der Waals surface area contributed by atoms with Gasteiger partial charge >= 0.3 is 0 Å². The number of allylic oxidation sites excluding steroid dienone is 1. The van der Waals surface area contributed by atoms with Crippen LogP contribution in [0.15, 0.2) is 58.3 Å². The molecule has 22 heavy (non-hydrogen) atoms. The second kappa shape index (κ2) is 6.81. The Kier molecular flexibility index (Phi) is 5.06. The summed E-state index contributed by atoms with van der Waals surface area (Å²) in [5.41, 5.74) is 2.34. The Bertz CT molecular complexity index is 771. The number of hydrogen-bond acceptors (Lipinski definition) is 4. The number of hydrogen-bond donors (Lipinski definition) is 1. The molecule has 0 spiro atoms. The van der Waals surface area contributed by atoms with Crippen LogP contribution in [-0.2, 0) is 4.74 Å². The van der Waals surface area contributed by atoms with Crippen LogP contribution in [-0.4, -0.2) is 18.8 Å². The van der Waals surface area contributed by atoms with E-state index in [1.54, 1.807) is 0 Å². The Morgan fingerprint density at radius 3 is 2.68 bits per heavy atom. The predicted molar refractivity (Wildman–Crippen MR) is 92.1 cm³/mol. The van der Waals surface area contributed by atoms with Crippen LogP contribution in [0.5, 0.6) is 0 Å². The number of methoxy groups -OCH3 is 1. The van der Waals surface area contributed by atoms with E-state index in [1.165, 1.54) is 18.9 Å². The van der Waals surface area contributed by atoms with Gasteiger partial charge in [0.1, 0.15) is 0 Å². The number of ether oxygens (including phenoxy) is 1. The monoisotopic (exact) mass is 331 g/mol. The van der Waals surface area contributed by atoms with Gasteiger partial charge in [0.25, 0.3) is 0 Å². The molecule has 2 aromatic rings. The number of Topliss-reactive ketones (excluding diaryl/α,β-unsaturated/α-hetero) is 1. The van der Waals surface area contributed by atoms with Crippen molar-refractivity contribution in [3.05, 3.63) is 70.1 Å². The van der Waals surface area contributed by atoms with Crippen LogP contribution in [0.3, 0.4) is 0 Å². The highest BCUT2D eigenvalue weighted by Crippen LogP contribution is 2.40. The molecule has 1 heterocycles. The van der Waals surface area contributed by atoms with Gasteiger partial charge in [-0.3, -0.25) is 10.2 Å². The van der Waals surface area contributed by atoms with E-state index < -0.39 is 0 Å². The zero-order valence-electron chi connectivity index (χ0n) is 11.8. The fourth-order valence-corrected chi connectivity index (χ4v) is 3.23. The van der Waals surface area contributed by atoms with Gasteiger partial charge in [-0.15, -0.1) is 12.4 Å². The van der Waals surface area contributed by atoms with Gasteiger partial charge in [-0.05, 0) is 35.9 Å². The molecule has 0 aromatic heterocycles. The highest BCUT2D eigenvalue weighted by Gasteiger charge is 2.25. The van der Waals surface area contributed by atoms with Crippen molar-refractivity contribution in [1.29, 1.82) is 5.41 Å². The molecule has 0 radical (unpaired) electrons. The molecule has 0 saturated heterocycles. The van der Waals surface area contributed by atoms with Gasteiger partial charge in [0, 0.05) is 16.0 Å². The zero-order valence-corrected chi connectivity index (χ0v) is 13.5. The van der Waals surface area contributed by atoms with E-state index in [4.69, 9.17) is 10.1 Å². The molecule has 0 amide bonds. The average molecular weight is 332 g/mol. The van der Waals surface area contributed by atoms with Crippen molar-refractivity contribution in [2.45, 2.75) is 4.90 Å². The second-order valence-electron chi connectivity index (χ2n) is 4.59. The van der Waals surface area contributed by atoms with E-state index in [-0.39, 0.29) is 24.1 Å². The molecule has 0 fully saturated rings. The summed E-state index contributed by atoms with van der Waals surface area (Å²) in [5, 5.41) is 7.69. The lowest BCUT2D eigenvalue weighted by Crippen LogP contribution is -2.01. The number of benzene rings is 2. The zero-order chi connectivity index (χ0) is 14.8. The van der Waals surface area contributed by atoms with Crippen molar-refractivity contribution >= 4 is 41.9 Å². The van der Waals surface area contributed by atoms with Gasteiger partial charge in [-0.1, -0.05) is 36.0 Å². The summed E-state index contributed by atoms with van der Waals surface area (Å²) in [7, 11) is 1.47. The molecule has 0 saturated carbocycles. The smallest absolute Gasteiger partial charge is 0.212 e. The van der Waals surface area contributed by atoms with Crippen molar-refractivity contribution in [3.63, 3.8) is 0 Å². The molecule has 3 rings (SSSR count). The fourth-order valence-electron chi connectivity index (χ4n) is 2.17. The van der Waals surface area contributed by atoms with Crippen LogP contribution in [0, 0.1) is 5.41 Å². The molecule has 0 bridgehead atoms. The summed E-state index contributed by atoms with van der Waals surface area (Å²) in [5.74, 6) is 0.173. The molecular formula is C17H14ClNO2S. The standard InChI is InChI=1S/C17H13NO2S.ClH/c1-20-17(18)12-6-4-5-11(9-12)10-15-16(19)13-7-2-3-8-14(13)21-15;/h2-10,18H,1H3;1H/b15-10+,18-17?;. The van der Waals surface area contributed by atoms with Gasteiger partial charge in [-0.2, -0.15) is 0 Å². The summed E-state index contributed by atoms with van der Waals surface area (Å²) in [6.45, 7) is 0. The summed E-state index contributed by atoms with van der Waals surface area (Å²) in [6.07, 6.45) is 1.86. The van der Waals surface area contributed by atoms with E-state index in [1.807, 2.05) is 54.6 Å². The lowest BCUT2D eigenvalue weighted by molar-refractivity contribution is 0.104. The third-order valence-electron chi connectivity index (χ3n) is 3.23. The minimum Gasteiger partial charge on any atom is -0.481 e. The number of carbonyl (C=O) groups excluding carboxylic acids is 1. The Hall–Kier alpha value is -2.04. The molecule has 0 atom stereocenters. The van der Waals surface area contributed by atoms with Crippen LogP contribution in [0.1, 0.15) is 21.5 Å². The molecule has 0 unspecified atom stereocenters. The van der Waals surface area contributed by atoms with E-state index >= 15 is 0 Å². The number of nitrogens with one attached hydrogen (secondary N) is 1. The van der Waals surface area contributed by atoms with E-state index in [9.17, 15) is 4.79 Å². The summed E-state index contributed by atoms with van der Waals surface area (Å²) in [6, 6.07) is 15.0. The maximum absolute atomic E-state index is 12.3. The molecule has 1 aliphatic rings. The van der Waals surface area contributed by atoms with Crippen LogP contribution in [0.4, 0.5) is 0 Å². The third-order valence-corrected chi connectivity index (χ3v) is 4.33. The summed E-state index contributed by atoms with van der Waals surface area (Å²) in [4.78, 5) is 14.0. The highest BCUT2D eigenvalue weighted by atomic mass is 35.5. The first-order chi connectivity index (χ1) is 10.2. The number of ketones is 1. The first-order valence-corrected chi connectivity index (χ1v) is 7.27. The summed E-state index contributed by atoms with van der Waals surface area (Å²) < 4.78 is 4.92. The van der Waals surface area contributed by atoms with Gasteiger partial charge in [0.2, 0.25) is 11.7 Å². The lowest BCUT2D eigenvalue weighted by atomic mass is 10.1. The molecule has 5 heteroatoms. The van der Waals surface area contributed by atoms with Crippen LogP contribution in [0.25, 0.3) is 6.08 Å². The number of halogens is 1. The van der Waals surface area contributed by atoms with Gasteiger partial charge in [0.05, 0.1) is 12.0 Å². The van der Waals surface area contributed by atoms with Crippen molar-refractivity contribution in [1.82, 2.24) is 0 Å². The highest BCUT2D eigenvalue weighted by molar-refractivity contribution is 8.04. The van der Waals surface area contributed by atoms with Crippen molar-refractivity contribution in [3.8, 4) is 0 Å². The molecule has 3 nitrogen and oxygen atoms in total. The maximum atomic E-state index is 12.3. The first kappa shape index (κ1) is 16.3. The minimum absolute atomic E-state index is 0. The predicted octanol–water partition coefficient (Wildman–Crippen LogP) is 4.41. The molecule has 112 valence electrons. The van der Waals surface area contributed by atoms with E-state index in [2.05, 4.69) is 0 Å². The Balaban J connectivity index is 0.00000176.